The molecule has 4 nitrogen and oxygen atoms in total. The number of rotatable bonds is 7. The van der Waals surface area contributed by atoms with Gasteiger partial charge in [-0.15, -0.1) is 0 Å². The summed E-state index contributed by atoms with van der Waals surface area (Å²) in [6, 6.07) is 0.466. The molecule has 2 rings (SSSR count). The molecule has 0 aromatic carbocycles. The molecule has 1 aliphatic rings. The lowest BCUT2D eigenvalue weighted by molar-refractivity contribution is 0.0976. The molecule has 0 amide bonds. The van der Waals surface area contributed by atoms with Crippen molar-refractivity contribution in [3.05, 3.63) is 10.6 Å². The van der Waals surface area contributed by atoms with E-state index in [-0.39, 0.29) is 5.78 Å². The third-order valence-electron chi connectivity index (χ3n) is 3.92. The van der Waals surface area contributed by atoms with Gasteiger partial charge in [0.05, 0.1) is 17.2 Å². The van der Waals surface area contributed by atoms with Crippen molar-refractivity contribution in [3.63, 3.8) is 0 Å². The molecule has 1 aromatic rings. The number of ether oxygens (including phenoxy) is 1. The van der Waals surface area contributed by atoms with Crippen LogP contribution >= 0.6 is 11.3 Å². The second kappa shape index (κ2) is 7.18. The van der Waals surface area contributed by atoms with Crippen LogP contribution in [0.1, 0.15) is 54.9 Å². The molecule has 20 heavy (non-hydrogen) atoms. The van der Waals surface area contributed by atoms with Gasteiger partial charge in [-0.1, -0.05) is 25.2 Å². The van der Waals surface area contributed by atoms with E-state index in [0.717, 1.165) is 47.9 Å². The van der Waals surface area contributed by atoms with Crippen molar-refractivity contribution in [3.8, 4) is 0 Å². The van der Waals surface area contributed by atoms with Crippen molar-refractivity contribution in [2.75, 3.05) is 25.2 Å². The SMILES string of the molecule is CCC(CC)N(CCOC)c1nc2c(s1)C(=O)CCC2. The van der Waals surface area contributed by atoms with Gasteiger partial charge in [-0.3, -0.25) is 4.79 Å². The lowest BCUT2D eigenvalue weighted by Crippen LogP contribution is -2.37. The first-order valence-electron chi connectivity index (χ1n) is 7.49. The Labute approximate surface area is 125 Å². The average Bonchev–Trinajstić information content (AvgIpc) is 2.88. The molecule has 112 valence electrons. The van der Waals surface area contributed by atoms with E-state index in [2.05, 4.69) is 18.7 Å². The standard InChI is InChI=1S/C15H24N2O2S/c1-4-11(5-2)17(9-10-19-3)15-16-12-7-6-8-13(18)14(12)20-15/h11H,4-10H2,1-3H3. The normalized spacial score (nSPS) is 14.7. The number of carbonyl (C=O) groups is 1. The molecule has 1 heterocycles. The molecule has 0 radical (unpaired) electrons. The summed E-state index contributed by atoms with van der Waals surface area (Å²) in [4.78, 5) is 19.9. The number of ketones is 1. The molecule has 0 saturated heterocycles. The van der Waals surface area contributed by atoms with E-state index in [1.807, 2.05) is 0 Å². The minimum absolute atomic E-state index is 0.270. The molecule has 0 spiro atoms. The summed E-state index contributed by atoms with van der Waals surface area (Å²) in [5.41, 5.74) is 1.01. The van der Waals surface area contributed by atoms with Crippen LogP contribution in [0, 0.1) is 0 Å². The zero-order chi connectivity index (χ0) is 14.5. The quantitative estimate of drug-likeness (QED) is 0.774. The van der Waals surface area contributed by atoms with E-state index < -0.39 is 0 Å². The number of anilines is 1. The van der Waals surface area contributed by atoms with Crippen LogP contribution < -0.4 is 4.90 Å². The Morgan fingerprint density at radius 3 is 2.70 bits per heavy atom. The second-order valence-electron chi connectivity index (χ2n) is 5.21. The summed E-state index contributed by atoms with van der Waals surface area (Å²) in [6.07, 6.45) is 4.73. The summed E-state index contributed by atoms with van der Waals surface area (Å²) >= 11 is 1.57. The lowest BCUT2D eigenvalue weighted by atomic mass is 10.0. The number of aromatic nitrogens is 1. The molecule has 1 aromatic heterocycles. The number of hydrogen-bond acceptors (Lipinski definition) is 5. The highest BCUT2D eigenvalue weighted by atomic mass is 32.1. The summed E-state index contributed by atoms with van der Waals surface area (Å²) in [5.74, 6) is 0.270. The number of methoxy groups -OCH3 is 1. The number of Topliss-reactive ketones (excluding diaryl/α,β-unsaturated/α-hetero) is 1. The van der Waals surface area contributed by atoms with Crippen LogP contribution in [0.15, 0.2) is 0 Å². The summed E-state index contributed by atoms with van der Waals surface area (Å²) in [7, 11) is 1.72. The van der Waals surface area contributed by atoms with Gasteiger partial charge in [-0.2, -0.15) is 0 Å². The first kappa shape index (κ1) is 15.4. The van der Waals surface area contributed by atoms with Crippen LogP contribution in [-0.4, -0.2) is 37.1 Å². The summed E-state index contributed by atoms with van der Waals surface area (Å²) in [6.45, 7) is 5.93. The van der Waals surface area contributed by atoms with E-state index >= 15 is 0 Å². The largest absolute Gasteiger partial charge is 0.383 e. The zero-order valence-corrected chi connectivity index (χ0v) is 13.5. The summed E-state index contributed by atoms with van der Waals surface area (Å²) < 4.78 is 5.22. The molecule has 0 fully saturated rings. The van der Waals surface area contributed by atoms with E-state index in [1.54, 1.807) is 18.4 Å². The Kier molecular flexibility index (Phi) is 5.54. The lowest BCUT2D eigenvalue weighted by Gasteiger charge is -2.29. The molecule has 0 bridgehead atoms. The molecule has 5 heteroatoms. The fourth-order valence-corrected chi connectivity index (χ4v) is 3.91. The first-order valence-corrected chi connectivity index (χ1v) is 8.31. The topological polar surface area (TPSA) is 42.4 Å². The van der Waals surface area contributed by atoms with Crippen LogP contribution in [0.4, 0.5) is 5.13 Å². The van der Waals surface area contributed by atoms with Gasteiger partial charge in [0.2, 0.25) is 0 Å². The van der Waals surface area contributed by atoms with E-state index in [0.29, 0.717) is 19.1 Å². The predicted octanol–water partition coefficient (Wildman–Crippen LogP) is 3.30. The Hall–Kier alpha value is -0.940. The number of aryl methyl sites for hydroxylation is 1. The maximum Gasteiger partial charge on any atom is 0.186 e. The molecule has 0 aliphatic heterocycles. The van der Waals surface area contributed by atoms with E-state index in [9.17, 15) is 4.79 Å². The Balaban J connectivity index is 2.26. The van der Waals surface area contributed by atoms with Gasteiger partial charge in [0.15, 0.2) is 10.9 Å². The highest BCUT2D eigenvalue weighted by molar-refractivity contribution is 7.17. The third kappa shape index (κ3) is 3.20. The van der Waals surface area contributed by atoms with Crippen molar-refractivity contribution in [1.29, 1.82) is 0 Å². The first-order chi connectivity index (χ1) is 9.71. The molecule has 0 N–H and O–H groups in total. The van der Waals surface area contributed by atoms with Gasteiger partial charge in [0, 0.05) is 26.1 Å². The molecular formula is C15H24N2O2S. The van der Waals surface area contributed by atoms with Gasteiger partial charge >= 0.3 is 0 Å². The van der Waals surface area contributed by atoms with Crippen LogP contribution in [0.25, 0.3) is 0 Å². The molecule has 0 atom stereocenters. The fourth-order valence-electron chi connectivity index (χ4n) is 2.73. The minimum Gasteiger partial charge on any atom is -0.383 e. The predicted molar refractivity (Wildman–Crippen MR) is 83.0 cm³/mol. The number of thiazole rings is 1. The van der Waals surface area contributed by atoms with E-state index in [4.69, 9.17) is 9.72 Å². The molecule has 1 aliphatic carbocycles. The van der Waals surface area contributed by atoms with Gasteiger partial charge in [0.25, 0.3) is 0 Å². The minimum atomic E-state index is 0.270. The molecular weight excluding hydrogens is 272 g/mol. The van der Waals surface area contributed by atoms with Crippen LogP contribution in [0.2, 0.25) is 0 Å². The van der Waals surface area contributed by atoms with Crippen LogP contribution in [0.3, 0.4) is 0 Å². The smallest absolute Gasteiger partial charge is 0.186 e. The van der Waals surface area contributed by atoms with Gasteiger partial charge in [-0.25, -0.2) is 4.98 Å². The van der Waals surface area contributed by atoms with Crippen molar-refractivity contribution in [1.82, 2.24) is 4.98 Å². The monoisotopic (exact) mass is 296 g/mol. The Morgan fingerprint density at radius 1 is 1.35 bits per heavy atom. The molecule has 0 unspecified atom stereocenters. The molecule has 0 saturated carbocycles. The van der Waals surface area contributed by atoms with Crippen molar-refractivity contribution < 1.29 is 9.53 Å². The van der Waals surface area contributed by atoms with Crippen molar-refractivity contribution >= 4 is 22.3 Å². The zero-order valence-electron chi connectivity index (χ0n) is 12.6. The fraction of sp³-hybridized carbons (Fsp3) is 0.733. The maximum atomic E-state index is 12.0. The number of hydrogen-bond donors (Lipinski definition) is 0. The van der Waals surface area contributed by atoms with Crippen molar-refractivity contribution in [2.45, 2.75) is 52.0 Å². The highest BCUT2D eigenvalue weighted by Gasteiger charge is 2.26. The number of carbonyl (C=O) groups excluding carboxylic acids is 1. The third-order valence-corrected chi connectivity index (χ3v) is 5.10. The van der Waals surface area contributed by atoms with Crippen LogP contribution in [0.5, 0.6) is 0 Å². The van der Waals surface area contributed by atoms with E-state index in [1.165, 1.54) is 0 Å². The number of nitrogens with zero attached hydrogens (tertiary/aromatic N) is 2. The van der Waals surface area contributed by atoms with Gasteiger partial charge in [-0.05, 0) is 25.7 Å². The maximum absolute atomic E-state index is 12.0. The van der Waals surface area contributed by atoms with Gasteiger partial charge in [0.1, 0.15) is 0 Å². The van der Waals surface area contributed by atoms with Crippen molar-refractivity contribution in [2.24, 2.45) is 0 Å². The van der Waals surface area contributed by atoms with Crippen LogP contribution in [-0.2, 0) is 11.2 Å². The highest BCUT2D eigenvalue weighted by Crippen LogP contribution is 2.33. The van der Waals surface area contributed by atoms with Gasteiger partial charge < -0.3 is 9.64 Å². The second-order valence-corrected chi connectivity index (χ2v) is 6.18. The summed E-state index contributed by atoms with van der Waals surface area (Å²) in [5, 5.41) is 0.996. The number of fused-ring (bicyclic) bond motifs is 1. The average molecular weight is 296 g/mol. The Bertz CT molecular complexity index is 455. The Morgan fingerprint density at radius 2 is 2.10 bits per heavy atom.